The van der Waals surface area contributed by atoms with Crippen molar-refractivity contribution in [2.45, 2.75) is 13.1 Å². The molecule has 0 saturated carbocycles. The number of aryl methyl sites for hydroxylation is 1. The monoisotopic (exact) mass is 230 g/mol. The first-order valence-corrected chi connectivity index (χ1v) is 4.23. The van der Waals surface area contributed by atoms with Gasteiger partial charge in [-0.25, -0.2) is 4.99 Å². The van der Waals surface area contributed by atoms with Crippen molar-refractivity contribution in [2.75, 3.05) is 0 Å². The Balaban J connectivity index is 2.97. The summed E-state index contributed by atoms with van der Waals surface area (Å²) in [6.07, 6.45) is -3.34. The van der Waals surface area contributed by atoms with Crippen molar-refractivity contribution in [1.29, 1.82) is 5.41 Å². The van der Waals surface area contributed by atoms with Crippen molar-refractivity contribution < 1.29 is 13.2 Å². The van der Waals surface area contributed by atoms with Crippen molar-refractivity contribution >= 4 is 11.7 Å². The van der Waals surface area contributed by atoms with Crippen LogP contribution < -0.4 is 5.73 Å². The molecule has 3 N–H and O–H groups in total. The van der Waals surface area contributed by atoms with Crippen molar-refractivity contribution in [3.63, 3.8) is 0 Å². The van der Waals surface area contributed by atoms with E-state index in [1.807, 2.05) is 0 Å². The van der Waals surface area contributed by atoms with E-state index in [-0.39, 0.29) is 5.69 Å². The summed E-state index contributed by atoms with van der Waals surface area (Å²) < 4.78 is 36.1. The first kappa shape index (κ1) is 12.2. The maximum absolute atomic E-state index is 12.0. The van der Waals surface area contributed by atoms with Crippen LogP contribution in [0.15, 0.2) is 23.3 Å². The topological polar surface area (TPSA) is 75.1 Å². The summed E-state index contributed by atoms with van der Waals surface area (Å²) in [7, 11) is 0. The third kappa shape index (κ3) is 3.04. The number of nitrogens with one attached hydrogen (secondary N) is 1. The van der Waals surface area contributed by atoms with Crippen LogP contribution in [0.3, 0.4) is 0 Å². The molecule has 4 nitrogen and oxygen atoms in total. The molecule has 16 heavy (non-hydrogen) atoms. The number of nitrogens with two attached hydrogens (primary N) is 1. The lowest BCUT2D eigenvalue weighted by Gasteiger charge is -2.05. The van der Waals surface area contributed by atoms with Gasteiger partial charge in [-0.15, -0.1) is 0 Å². The van der Waals surface area contributed by atoms with Crippen LogP contribution in [-0.4, -0.2) is 22.8 Å². The Morgan fingerprint density at radius 2 is 2.12 bits per heavy atom. The molecule has 1 aromatic rings. The number of nitrogens with zero attached hydrogens (tertiary/aromatic N) is 2. The van der Waals surface area contributed by atoms with Gasteiger partial charge in [-0.2, -0.15) is 13.2 Å². The number of pyridine rings is 1. The molecule has 1 aromatic heterocycles. The fourth-order valence-corrected chi connectivity index (χ4v) is 0.907. The summed E-state index contributed by atoms with van der Waals surface area (Å²) in [5.74, 6) is -2.17. The van der Waals surface area contributed by atoms with Gasteiger partial charge in [-0.3, -0.25) is 10.4 Å². The summed E-state index contributed by atoms with van der Waals surface area (Å²) in [6, 6.07) is 3.11. The van der Waals surface area contributed by atoms with Crippen LogP contribution in [0, 0.1) is 12.3 Å². The smallest absolute Gasteiger partial charge is 0.380 e. The number of hydrogen-bond donors (Lipinski definition) is 2. The zero-order valence-corrected chi connectivity index (χ0v) is 8.34. The first-order valence-electron chi connectivity index (χ1n) is 4.23. The summed E-state index contributed by atoms with van der Waals surface area (Å²) in [5, 5.41) is 7.31. The Hall–Kier alpha value is -1.92. The highest BCUT2D eigenvalue weighted by atomic mass is 19.4. The number of rotatable bonds is 1. The van der Waals surface area contributed by atoms with Gasteiger partial charge in [0.1, 0.15) is 5.69 Å². The summed E-state index contributed by atoms with van der Waals surface area (Å²) >= 11 is 0. The molecular weight excluding hydrogens is 221 g/mol. The minimum absolute atomic E-state index is 0.0483. The van der Waals surface area contributed by atoms with Gasteiger partial charge in [0, 0.05) is 6.20 Å². The highest BCUT2D eigenvalue weighted by Gasteiger charge is 2.33. The second kappa shape index (κ2) is 4.30. The normalized spacial score (nSPS) is 12.6. The lowest BCUT2D eigenvalue weighted by molar-refractivity contribution is -0.0597. The van der Waals surface area contributed by atoms with Crippen LogP contribution in [0.2, 0.25) is 0 Å². The highest BCUT2D eigenvalue weighted by Crippen LogP contribution is 2.14. The molecular formula is C9H9F3N4. The lowest BCUT2D eigenvalue weighted by Crippen LogP contribution is -2.32. The second-order valence-electron chi connectivity index (χ2n) is 3.06. The number of aromatic nitrogens is 1. The number of amidine groups is 2. The maximum Gasteiger partial charge on any atom is 0.449 e. The number of aliphatic imine (C=N–C) groups is 1. The Morgan fingerprint density at radius 1 is 1.50 bits per heavy atom. The molecule has 0 aliphatic heterocycles. The molecule has 1 rings (SSSR count). The van der Waals surface area contributed by atoms with Crippen LogP contribution in [0.1, 0.15) is 11.3 Å². The van der Waals surface area contributed by atoms with E-state index in [0.717, 1.165) is 5.56 Å². The molecule has 0 bridgehead atoms. The van der Waals surface area contributed by atoms with Gasteiger partial charge in [0.2, 0.25) is 5.84 Å². The molecule has 7 heteroatoms. The van der Waals surface area contributed by atoms with Crippen LogP contribution in [0.4, 0.5) is 13.2 Å². The molecule has 0 aliphatic rings. The van der Waals surface area contributed by atoms with Crippen molar-refractivity contribution in [3.05, 3.63) is 29.6 Å². The molecule has 0 unspecified atom stereocenters. The quantitative estimate of drug-likeness (QED) is 0.568. The highest BCUT2D eigenvalue weighted by molar-refractivity contribution is 6.04. The van der Waals surface area contributed by atoms with Gasteiger partial charge < -0.3 is 5.73 Å². The van der Waals surface area contributed by atoms with Crippen molar-refractivity contribution in [1.82, 2.24) is 4.98 Å². The minimum Gasteiger partial charge on any atom is -0.380 e. The number of hydrogen-bond acceptors (Lipinski definition) is 2. The zero-order valence-electron chi connectivity index (χ0n) is 8.34. The Kier molecular flexibility index (Phi) is 3.26. The predicted molar refractivity (Wildman–Crippen MR) is 53.5 cm³/mol. The Labute approximate surface area is 89.5 Å². The SMILES string of the molecule is Cc1ccnc(C(=N)N=C(N)C(F)(F)F)c1. The number of halogens is 3. The maximum atomic E-state index is 12.0. The van der Waals surface area contributed by atoms with E-state index < -0.39 is 17.8 Å². The molecule has 0 atom stereocenters. The Bertz CT molecular complexity index is 437. The fraction of sp³-hybridized carbons (Fsp3) is 0.222. The van der Waals surface area contributed by atoms with Gasteiger partial charge in [-0.05, 0) is 24.6 Å². The predicted octanol–water partition coefficient (Wildman–Crippen LogP) is 1.63. The van der Waals surface area contributed by atoms with Crippen LogP contribution in [-0.2, 0) is 0 Å². The average Bonchev–Trinajstić information content (AvgIpc) is 2.16. The molecule has 0 saturated heterocycles. The first-order chi connectivity index (χ1) is 7.30. The van der Waals surface area contributed by atoms with Gasteiger partial charge in [0.05, 0.1) is 0 Å². The van der Waals surface area contributed by atoms with E-state index in [0.29, 0.717) is 0 Å². The lowest BCUT2D eigenvalue weighted by atomic mass is 10.2. The fourth-order valence-electron chi connectivity index (χ4n) is 0.907. The van der Waals surface area contributed by atoms with E-state index in [4.69, 9.17) is 5.41 Å². The van der Waals surface area contributed by atoms with E-state index in [1.54, 1.807) is 13.0 Å². The van der Waals surface area contributed by atoms with Crippen molar-refractivity contribution in [2.24, 2.45) is 10.7 Å². The van der Waals surface area contributed by atoms with Gasteiger partial charge >= 0.3 is 6.18 Å². The van der Waals surface area contributed by atoms with E-state index >= 15 is 0 Å². The number of alkyl halides is 3. The van der Waals surface area contributed by atoms with Gasteiger partial charge in [0.15, 0.2) is 5.84 Å². The zero-order chi connectivity index (χ0) is 12.3. The summed E-state index contributed by atoms with van der Waals surface area (Å²) in [5.41, 5.74) is 5.51. The minimum atomic E-state index is -4.73. The summed E-state index contributed by atoms with van der Waals surface area (Å²) in [6.45, 7) is 1.73. The standard InChI is InChI=1S/C9H9F3N4/c1-5-2-3-15-6(4-5)7(13)16-8(14)9(10,11)12/h2-4H,1H3,(H3,13,14,16). The molecule has 0 radical (unpaired) electrons. The van der Waals surface area contributed by atoms with Crippen LogP contribution >= 0.6 is 0 Å². The van der Waals surface area contributed by atoms with E-state index in [2.05, 4.69) is 15.7 Å². The molecule has 0 amide bonds. The van der Waals surface area contributed by atoms with Gasteiger partial charge in [-0.1, -0.05) is 0 Å². The van der Waals surface area contributed by atoms with Crippen molar-refractivity contribution in [3.8, 4) is 0 Å². The molecule has 0 aliphatic carbocycles. The third-order valence-corrected chi connectivity index (χ3v) is 1.68. The molecule has 0 fully saturated rings. The largest absolute Gasteiger partial charge is 0.449 e. The average molecular weight is 230 g/mol. The Morgan fingerprint density at radius 3 is 2.62 bits per heavy atom. The second-order valence-corrected chi connectivity index (χ2v) is 3.06. The molecule has 1 heterocycles. The van der Waals surface area contributed by atoms with E-state index in [1.165, 1.54) is 12.3 Å². The van der Waals surface area contributed by atoms with Crippen LogP contribution in [0.25, 0.3) is 0 Å². The van der Waals surface area contributed by atoms with Gasteiger partial charge in [0.25, 0.3) is 0 Å². The van der Waals surface area contributed by atoms with Crippen LogP contribution in [0.5, 0.6) is 0 Å². The van der Waals surface area contributed by atoms with E-state index in [9.17, 15) is 13.2 Å². The summed E-state index contributed by atoms with van der Waals surface area (Å²) in [4.78, 5) is 6.67. The third-order valence-electron chi connectivity index (χ3n) is 1.68. The molecule has 86 valence electrons. The molecule has 0 aromatic carbocycles. The molecule has 0 spiro atoms.